The number of fused-ring (bicyclic) bond motifs is 2. The van der Waals surface area contributed by atoms with Gasteiger partial charge >= 0.3 is 0 Å². The molecule has 0 saturated heterocycles. The molecule has 50 heavy (non-hydrogen) atoms. The molecule has 0 fully saturated rings. The fourth-order valence-corrected chi connectivity index (χ4v) is 5.91. The van der Waals surface area contributed by atoms with Gasteiger partial charge in [-0.05, 0) is 73.0 Å². The molecule has 0 unspecified atom stereocenters. The highest BCUT2D eigenvalue weighted by Gasteiger charge is 2.21. The number of nitrogens with zero attached hydrogens (tertiary/aromatic N) is 2. The van der Waals surface area contributed by atoms with Gasteiger partial charge in [-0.2, -0.15) is 0 Å². The molecule has 254 valence electrons. The molecule has 6 aromatic rings. The van der Waals surface area contributed by atoms with E-state index in [0.717, 1.165) is 43.2 Å². The summed E-state index contributed by atoms with van der Waals surface area (Å²) in [6, 6.07) is 26.9. The predicted octanol–water partition coefficient (Wildman–Crippen LogP) is 7.24. The molecule has 0 radical (unpaired) electrons. The lowest BCUT2D eigenvalue weighted by atomic mass is 10.0. The third-order valence-electron chi connectivity index (χ3n) is 8.71. The fraction of sp³-hybridized carbons (Fsp3) is 0.200. The highest BCUT2D eigenvalue weighted by molar-refractivity contribution is 6.12. The first-order valence-corrected chi connectivity index (χ1v) is 16.3. The Kier molecular flexibility index (Phi) is 10.2. The van der Waals surface area contributed by atoms with E-state index in [1.54, 1.807) is 24.3 Å². The lowest BCUT2D eigenvalue weighted by Gasteiger charge is -2.22. The number of carbonyl (C=O) groups excluding carboxylic acids is 2. The normalized spacial score (nSPS) is 11.1. The molecule has 0 bridgehead atoms. The number of aromatic nitrogens is 1. The molecule has 10 heteroatoms. The zero-order valence-corrected chi connectivity index (χ0v) is 28.4. The van der Waals surface area contributed by atoms with Crippen molar-refractivity contribution in [3.05, 3.63) is 135 Å². The lowest BCUT2D eigenvalue weighted by molar-refractivity contribution is 0.0997. The van der Waals surface area contributed by atoms with Crippen LogP contribution in [0.2, 0.25) is 0 Å². The second-order valence-electron chi connectivity index (χ2n) is 11.9. The molecular formula is C40H38N4O6. The van der Waals surface area contributed by atoms with Gasteiger partial charge in [-0.15, -0.1) is 0 Å². The van der Waals surface area contributed by atoms with Crippen molar-refractivity contribution in [3.8, 4) is 11.5 Å². The zero-order valence-electron chi connectivity index (χ0n) is 28.4. The smallest absolute Gasteiger partial charge is 0.291 e. The van der Waals surface area contributed by atoms with Gasteiger partial charge in [-0.3, -0.25) is 24.3 Å². The van der Waals surface area contributed by atoms with E-state index in [-0.39, 0.29) is 28.0 Å². The monoisotopic (exact) mass is 670 g/mol. The summed E-state index contributed by atoms with van der Waals surface area (Å²) in [7, 11) is 2.91. The molecule has 0 atom stereocenters. The van der Waals surface area contributed by atoms with Crippen LogP contribution in [0.5, 0.6) is 11.5 Å². The van der Waals surface area contributed by atoms with E-state index in [9.17, 15) is 14.4 Å². The molecule has 0 aliphatic rings. The molecule has 2 N–H and O–H groups in total. The Morgan fingerprint density at radius 2 is 1.58 bits per heavy atom. The number of ether oxygens (including phenoxy) is 2. The van der Waals surface area contributed by atoms with E-state index < -0.39 is 11.8 Å². The first kappa shape index (κ1) is 33.9. The van der Waals surface area contributed by atoms with Gasteiger partial charge in [0.1, 0.15) is 5.58 Å². The fourth-order valence-electron chi connectivity index (χ4n) is 5.91. The molecule has 0 saturated carbocycles. The lowest BCUT2D eigenvalue weighted by Crippen LogP contribution is -2.25. The van der Waals surface area contributed by atoms with Crippen molar-refractivity contribution in [2.75, 3.05) is 37.9 Å². The summed E-state index contributed by atoms with van der Waals surface area (Å²) in [6.07, 6.45) is 2.67. The Hall–Kier alpha value is -6.00. The van der Waals surface area contributed by atoms with E-state index in [1.807, 2.05) is 36.5 Å². The van der Waals surface area contributed by atoms with Crippen molar-refractivity contribution in [2.45, 2.75) is 26.8 Å². The number of carbonyl (C=O) groups is 2. The summed E-state index contributed by atoms with van der Waals surface area (Å²) in [5.41, 5.74) is 5.37. The van der Waals surface area contributed by atoms with Crippen LogP contribution in [-0.4, -0.2) is 49.0 Å². The van der Waals surface area contributed by atoms with Crippen LogP contribution in [0.4, 0.5) is 11.4 Å². The zero-order chi connectivity index (χ0) is 35.2. The highest BCUT2D eigenvalue weighted by Crippen LogP contribution is 2.34. The van der Waals surface area contributed by atoms with Crippen molar-refractivity contribution in [1.82, 2.24) is 9.88 Å². The second-order valence-corrected chi connectivity index (χ2v) is 11.9. The van der Waals surface area contributed by atoms with Crippen LogP contribution in [-0.2, 0) is 13.0 Å². The molecule has 2 aromatic heterocycles. The largest absolute Gasteiger partial charge is 0.493 e. The van der Waals surface area contributed by atoms with Crippen LogP contribution in [0, 0.1) is 6.92 Å². The van der Waals surface area contributed by atoms with Crippen LogP contribution < -0.4 is 25.5 Å². The predicted molar refractivity (Wildman–Crippen MR) is 196 cm³/mol. The highest BCUT2D eigenvalue weighted by atomic mass is 16.5. The molecule has 6 rings (SSSR count). The first-order chi connectivity index (χ1) is 24.3. The van der Waals surface area contributed by atoms with E-state index >= 15 is 0 Å². The van der Waals surface area contributed by atoms with E-state index in [1.165, 1.54) is 42.9 Å². The van der Waals surface area contributed by atoms with Gasteiger partial charge in [0.2, 0.25) is 0 Å². The van der Waals surface area contributed by atoms with Crippen molar-refractivity contribution < 1.29 is 23.5 Å². The minimum atomic E-state index is -0.702. The maximum absolute atomic E-state index is 13.6. The number of pyridine rings is 1. The Morgan fingerprint density at radius 1 is 0.840 bits per heavy atom. The average Bonchev–Trinajstić information content (AvgIpc) is 3.14. The Bertz CT molecular complexity index is 2250. The Balaban J connectivity index is 1.15. The summed E-state index contributed by atoms with van der Waals surface area (Å²) < 4.78 is 16.6. The maximum Gasteiger partial charge on any atom is 0.291 e. The van der Waals surface area contributed by atoms with Gasteiger partial charge in [0.15, 0.2) is 22.7 Å². The third kappa shape index (κ3) is 7.35. The molecule has 4 aromatic carbocycles. The summed E-state index contributed by atoms with van der Waals surface area (Å²) in [6.45, 7) is 6.84. The molecule has 2 amide bonds. The number of hydrogen-bond acceptors (Lipinski definition) is 8. The number of benzene rings is 4. The third-order valence-corrected chi connectivity index (χ3v) is 8.71. The summed E-state index contributed by atoms with van der Waals surface area (Å²) >= 11 is 0. The number of hydrogen-bond donors (Lipinski definition) is 2. The van der Waals surface area contributed by atoms with Gasteiger partial charge in [0, 0.05) is 42.5 Å². The number of para-hydroxylation sites is 1. The van der Waals surface area contributed by atoms with Crippen molar-refractivity contribution in [2.24, 2.45) is 0 Å². The van der Waals surface area contributed by atoms with Crippen molar-refractivity contribution in [1.29, 1.82) is 0 Å². The van der Waals surface area contributed by atoms with E-state index in [2.05, 4.69) is 52.6 Å². The summed E-state index contributed by atoms with van der Waals surface area (Å²) in [5, 5.41) is 7.16. The SMILES string of the molecule is CCN(CCc1ccc(NC(=O)c2cc(OC)c(OC)cc2NC(=O)c2cc(=O)c3ccccc3o2)cc1)Cc1ccc(C)c2ncccc12. The number of likely N-dealkylation sites (N-methyl/N-ethyl adjacent to an activating group) is 1. The molecule has 10 nitrogen and oxygen atoms in total. The minimum Gasteiger partial charge on any atom is -0.493 e. The summed E-state index contributed by atoms with van der Waals surface area (Å²) in [4.78, 5) is 46.5. The minimum absolute atomic E-state index is 0.126. The van der Waals surface area contributed by atoms with Crippen molar-refractivity contribution >= 4 is 45.1 Å². The standard InChI is InChI=1S/C40H38N4O6/c1-5-44(24-27-15-12-25(2)38-29(27)10-8-19-41-38)20-18-26-13-16-28(17-14-26)42-39(46)31-21-35(48-3)36(49-4)22-32(31)43-40(47)37-23-33(45)30-9-6-7-11-34(30)50-37/h6-17,19,21-23H,5,18,20,24H2,1-4H3,(H,42,46)(H,43,47). The molecule has 2 heterocycles. The Labute approximate surface area is 289 Å². The number of rotatable bonds is 12. The van der Waals surface area contributed by atoms with Crippen LogP contribution in [0.1, 0.15) is 44.5 Å². The quantitative estimate of drug-likeness (QED) is 0.140. The number of nitrogens with one attached hydrogen (secondary N) is 2. The summed E-state index contributed by atoms with van der Waals surface area (Å²) in [5.74, 6) is -0.773. The molecule has 0 aliphatic heterocycles. The topological polar surface area (TPSA) is 123 Å². The van der Waals surface area contributed by atoms with Crippen LogP contribution in [0.3, 0.4) is 0 Å². The number of anilines is 2. The molecule has 0 aliphatic carbocycles. The van der Waals surface area contributed by atoms with E-state index in [4.69, 9.17) is 13.9 Å². The number of aryl methyl sites for hydroxylation is 1. The van der Waals surface area contributed by atoms with Crippen LogP contribution >= 0.6 is 0 Å². The van der Waals surface area contributed by atoms with Gasteiger partial charge in [0.25, 0.3) is 11.8 Å². The van der Waals surface area contributed by atoms with E-state index in [0.29, 0.717) is 22.6 Å². The van der Waals surface area contributed by atoms with Gasteiger partial charge in [-0.25, -0.2) is 0 Å². The second kappa shape index (κ2) is 15.0. The molecule has 0 spiro atoms. The maximum atomic E-state index is 13.6. The van der Waals surface area contributed by atoms with Gasteiger partial charge in [0.05, 0.1) is 36.4 Å². The number of amides is 2. The average molecular weight is 671 g/mol. The number of methoxy groups -OCH3 is 2. The van der Waals surface area contributed by atoms with Crippen LogP contribution in [0.25, 0.3) is 21.9 Å². The van der Waals surface area contributed by atoms with Crippen molar-refractivity contribution in [3.63, 3.8) is 0 Å². The molecular weight excluding hydrogens is 632 g/mol. The Morgan fingerprint density at radius 3 is 2.34 bits per heavy atom. The first-order valence-electron chi connectivity index (χ1n) is 16.3. The van der Waals surface area contributed by atoms with Gasteiger partial charge < -0.3 is 24.5 Å². The van der Waals surface area contributed by atoms with Crippen LogP contribution in [0.15, 0.2) is 106 Å². The van der Waals surface area contributed by atoms with Gasteiger partial charge in [-0.1, -0.05) is 49.4 Å².